The quantitative estimate of drug-likeness (QED) is 0.880. The van der Waals surface area contributed by atoms with Crippen LogP contribution in [0.1, 0.15) is 19.8 Å². The number of carboxylic acids is 1. The van der Waals surface area contributed by atoms with Crippen molar-refractivity contribution in [1.29, 1.82) is 0 Å². The summed E-state index contributed by atoms with van der Waals surface area (Å²) in [5, 5.41) is 12.1. The van der Waals surface area contributed by atoms with Gasteiger partial charge in [0.15, 0.2) is 0 Å². The van der Waals surface area contributed by atoms with E-state index in [1.165, 1.54) is 0 Å². The molecule has 1 heterocycles. The number of benzene rings is 1. The molecule has 0 bridgehead atoms. The number of piperidine rings is 1. The highest BCUT2D eigenvalue weighted by Crippen LogP contribution is 2.29. The Balaban J connectivity index is 1.90. The summed E-state index contributed by atoms with van der Waals surface area (Å²) >= 11 is 0. The first kappa shape index (κ1) is 14.5. The van der Waals surface area contributed by atoms with Crippen LogP contribution >= 0.6 is 0 Å². The standard InChI is InChI=1S/C15H20N2O3/c1-15(14(19)20)8-5-9-17(11-15)10-13(18)16-12-6-3-2-4-7-12/h2-4,6-7H,5,8-11H2,1H3,(H,16,18)(H,19,20). The van der Waals surface area contributed by atoms with E-state index in [1.54, 1.807) is 6.92 Å². The van der Waals surface area contributed by atoms with Crippen LogP contribution in [0, 0.1) is 5.41 Å². The summed E-state index contributed by atoms with van der Waals surface area (Å²) in [5.41, 5.74) is 0.0150. The zero-order valence-electron chi connectivity index (χ0n) is 11.6. The van der Waals surface area contributed by atoms with Gasteiger partial charge in [0.05, 0.1) is 12.0 Å². The fourth-order valence-electron chi connectivity index (χ4n) is 2.58. The lowest BCUT2D eigenvalue weighted by Gasteiger charge is -2.37. The molecule has 1 unspecified atom stereocenters. The fourth-order valence-corrected chi connectivity index (χ4v) is 2.58. The average Bonchev–Trinajstić information content (AvgIpc) is 2.39. The summed E-state index contributed by atoms with van der Waals surface area (Å²) in [6, 6.07) is 9.26. The minimum absolute atomic E-state index is 0.106. The Bertz CT molecular complexity index is 489. The number of amides is 1. The number of nitrogens with zero attached hydrogens (tertiary/aromatic N) is 1. The van der Waals surface area contributed by atoms with E-state index in [-0.39, 0.29) is 12.5 Å². The third-order valence-electron chi connectivity index (χ3n) is 3.72. The fraction of sp³-hybridized carbons (Fsp3) is 0.467. The predicted molar refractivity (Wildman–Crippen MR) is 76.5 cm³/mol. The minimum atomic E-state index is -0.786. The molecule has 1 aromatic carbocycles. The van der Waals surface area contributed by atoms with Crippen molar-refractivity contribution >= 4 is 17.6 Å². The molecule has 0 spiro atoms. The third-order valence-corrected chi connectivity index (χ3v) is 3.72. The lowest BCUT2D eigenvalue weighted by molar-refractivity contribution is -0.151. The number of hydrogen-bond donors (Lipinski definition) is 2. The monoisotopic (exact) mass is 276 g/mol. The number of likely N-dealkylation sites (tertiary alicyclic amines) is 1. The highest BCUT2D eigenvalue weighted by molar-refractivity contribution is 5.92. The zero-order valence-corrected chi connectivity index (χ0v) is 11.6. The van der Waals surface area contributed by atoms with Crippen molar-refractivity contribution in [1.82, 2.24) is 4.90 Å². The predicted octanol–water partition coefficient (Wildman–Crippen LogP) is 1.81. The maximum absolute atomic E-state index is 12.0. The Morgan fingerprint density at radius 2 is 2.05 bits per heavy atom. The van der Waals surface area contributed by atoms with Crippen LogP contribution in [0.3, 0.4) is 0 Å². The second-order valence-electron chi connectivity index (χ2n) is 5.59. The summed E-state index contributed by atoms with van der Waals surface area (Å²) in [6.45, 7) is 3.17. The number of anilines is 1. The Morgan fingerprint density at radius 3 is 2.70 bits per heavy atom. The minimum Gasteiger partial charge on any atom is -0.481 e. The lowest BCUT2D eigenvalue weighted by Crippen LogP contribution is -2.48. The molecule has 1 aliphatic rings. The van der Waals surface area contributed by atoms with E-state index in [0.717, 1.165) is 18.7 Å². The summed E-state index contributed by atoms with van der Waals surface area (Å²) in [4.78, 5) is 25.1. The second-order valence-corrected chi connectivity index (χ2v) is 5.59. The molecule has 108 valence electrons. The van der Waals surface area contributed by atoms with Gasteiger partial charge in [-0.3, -0.25) is 14.5 Å². The molecule has 2 rings (SSSR count). The van der Waals surface area contributed by atoms with Crippen molar-refractivity contribution in [3.05, 3.63) is 30.3 Å². The number of para-hydroxylation sites is 1. The van der Waals surface area contributed by atoms with Crippen LogP contribution in [-0.4, -0.2) is 41.5 Å². The smallest absolute Gasteiger partial charge is 0.310 e. The zero-order chi connectivity index (χ0) is 14.6. The van der Waals surface area contributed by atoms with Gasteiger partial charge in [0.25, 0.3) is 0 Å². The van der Waals surface area contributed by atoms with E-state index in [2.05, 4.69) is 5.32 Å². The second kappa shape index (κ2) is 6.05. The molecule has 1 aliphatic heterocycles. The maximum atomic E-state index is 12.0. The molecule has 0 radical (unpaired) electrons. The van der Waals surface area contributed by atoms with Crippen molar-refractivity contribution in [2.75, 3.05) is 25.0 Å². The number of carbonyl (C=O) groups excluding carboxylic acids is 1. The molecule has 5 nitrogen and oxygen atoms in total. The van der Waals surface area contributed by atoms with Crippen molar-refractivity contribution in [2.24, 2.45) is 5.41 Å². The van der Waals surface area contributed by atoms with Gasteiger partial charge in [0, 0.05) is 12.2 Å². The van der Waals surface area contributed by atoms with Crippen molar-refractivity contribution in [2.45, 2.75) is 19.8 Å². The molecular weight excluding hydrogens is 256 g/mol. The highest BCUT2D eigenvalue weighted by Gasteiger charge is 2.38. The van der Waals surface area contributed by atoms with Crippen LogP contribution in [0.2, 0.25) is 0 Å². The molecule has 1 atom stereocenters. The number of nitrogens with one attached hydrogen (secondary N) is 1. The Morgan fingerprint density at radius 1 is 1.35 bits per heavy atom. The van der Waals surface area contributed by atoms with Crippen LogP contribution in [0.15, 0.2) is 30.3 Å². The Labute approximate surface area is 118 Å². The molecule has 1 saturated heterocycles. The first-order valence-corrected chi connectivity index (χ1v) is 6.80. The molecule has 1 fully saturated rings. The average molecular weight is 276 g/mol. The maximum Gasteiger partial charge on any atom is 0.310 e. The lowest BCUT2D eigenvalue weighted by atomic mass is 9.82. The Kier molecular flexibility index (Phi) is 4.39. The first-order chi connectivity index (χ1) is 9.49. The van der Waals surface area contributed by atoms with E-state index in [4.69, 9.17) is 0 Å². The molecular formula is C15H20N2O3. The van der Waals surface area contributed by atoms with Gasteiger partial charge in [-0.1, -0.05) is 18.2 Å². The molecule has 1 amide bonds. The molecule has 5 heteroatoms. The number of rotatable bonds is 4. The van der Waals surface area contributed by atoms with Crippen molar-refractivity contribution in [3.8, 4) is 0 Å². The highest BCUT2D eigenvalue weighted by atomic mass is 16.4. The summed E-state index contributed by atoms with van der Waals surface area (Å²) in [5.74, 6) is -0.892. The van der Waals surface area contributed by atoms with E-state index in [9.17, 15) is 14.7 Å². The van der Waals surface area contributed by atoms with Gasteiger partial charge >= 0.3 is 5.97 Å². The summed E-state index contributed by atoms with van der Waals surface area (Å²) in [6.07, 6.45) is 1.47. The van der Waals surface area contributed by atoms with Crippen molar-refractivity contribution in [3.63, 3.8) is 0 Å². The van der Waals surface area contributed by atoms with Gasteiger partial charge in [-0.25, -0.2) is 0 Å². The van der Waals surface area contributed by atoms with E-state index >= 15 is 0 Å². The summed E-state index contributed by atoms with van der Waals surface area (Å²) in [7, 11) is 0. The molecule has 2 N–H and O–H groups in total. The molecule has 0 aromatic heterocycles. The van der Waals surface area contributed by atoms with Gasteiger partial charge < -0.3 is 10.4 Å². The van der Waals surface area contributed by atoms with Gasteiger partial charge in [-0.2, -0.15) is 0 Å². The van der Waals surface area contributed by atoms with E-state index in [1.807, 2.05) is 35.2 Å². The van der Waals surface area contributed by atoms with Crippen LogP contribution < -0.4 is 5.32 Å². The molecule has 20 heavy (non-hydrogen) atoms. The molecule has 0 saturated carbocycles. The SMILES string of the molecule is CC1(C(=O)O)CCCN(CC(=O)Nc2ccccc2)C1. The van der Waals surface area contributed by atoms with Gasteiger partial charge in [0.1, 0.15) is 0 Å². The molecule has 1 aromatic rings. The third kappa shape index (κ3) is 3.57. The van der Waals surface area contributed by atoms with Crippen LogP contribution in [0.5, 0.6) is 0 Å². The van der Waals surface area contributed by atoms with Crippen LogP contribution in [0.25, 0.3) is 0 Å². The van der Waals surface area contributed by atoms with Gasteiger partial charge in [0.2, 0.25) is 5.91 Å². The van der Waals surface area contributed by atoms with E-state index in [0.29, 0.717) is 13.0 Å². The number of hydrogen-bond acceptors (Lipinski definition) is 3. The normalized spacial score (nSPS) is 23.2. The number of aliphatic carboxylic acids is 1. The van der Waals surface area contributed by atoms with Gasteiger partial charge in [-0.15, -0.1) is 0 Å². The summed E-state index contributed by atoms with van der Waals surface area (Å²) < 4.78 is 0. The first-order valence-electron chi connectivity index (χ1n) is 6.80. The van der Waals surface area contributed by atoms with Crippen LogP contribution in [-0.2, 0) is 9.59 Å². The largest absolute Gasteiger partial charge is 0.481 e. The van der Waals surface area contributed by atoms with Crippen molar-refractivity contribution < 1.29 is 14.7 Å². The number of carbonyl (C=O) groups is 2. The number of carboxylic acid groups (broad SMARTS) is 1. The Hall–Kier alpha value is -1.88. The topological polar surface area (TPSA) is 69.6 Å². The van der Waals surface area contributed by atoms with E-state index < -0.39 is 11.4 Å². The van der Waals surface area contributed by atoms with Crippen LogP contribution in [0.4, 0.5) is 5.69 Å². The van der Waals surface area contributed by atoms with Gasteiger partial charge in [-0.05, 0) is 38.4 Å². The molecule has 0 aliphatic carbocycles.